The summed E-state index contributed by atoms with van der Waals surface area (Å²) in [5.74, 6) is 0.100. The first kappa shape index (κ1) is 20.3. The van der Waals surface area contributed by atoms with E-state index in [-0.39, 0.29) is 11.5 Å². The molecular weight excluding hydrogens is 325 g/mol. The molecule has 0 aliphatic rings. The molecule has 24 heavy (non-hydrogen) atoms. The molecule has 1 aromatic rings. The maximum Gasteiger partial charge on any atom is 0.309 e. The predicted molar refractivity (Wildman–Crippen MR) is 94.4 cm³/mol. The van der Waals surface area contributed by atoms with E-state index >= 15 is 0 Å². The first-order valence-electron chi connectivity index (χ1n) is 7.94. The lowest BCUT2D eigenvalue weighted by Gasteiger charge is -2.40. The summed E-state index contributed by atoms with van der Waals surface area (Å²) in [4.78, 5) is 15.6. The Kier molecular flexibility index (Phi) is 6.70. The van der Waals surface area contributed by atoms with Gasteiger partial charge in [-0.1, -0.05) is 20.8 Å². The number of aliphatic carboxylic acids is 1. The quantitative estimate of drug-likeness (QED) is 0.584. The molecule has 0 aliphatic heterocycles. The third-order valence-electron chi connectivity index (χ3n) is 4.56. The van der Waals surface area contributed by atoms with Crippen molar-refractivity contribution in [3.63, 3.8) is 0 Å². The van der Waals surface area contributed by atoms with Gasteiger partial charge in [0.2, 0.25) is 0 Å². The third kappa shape index (κ3) is 5.15. The van der Waals surface area contributed by atoms with Crippen molar-refractivity contribution in [3.8, 4) is 12.3 Å². The highest BCUT2D eigenvalue weighted by Gasteiger charge is 2.42. The number of carboxylic acid groups (broad SMARTS) is 1. The zero-order chi connectivity index (χ0) is 18.5. The number of hydrogen-bond donors (Lipinski definition) is 1. The van der Waals surface area contributed by atoms with E-state index in [4.69, 9.17) is 10.8 Å². The summed E-state index contributed by atoms with van der Waals surface area (Å²) in [6, 6.07) is 1.29. The van der Waals surface area contributed by atoms with Gasteiger partial charge < -0.3 is 9.53 Å². The Bertz CT molecular complexity index is 619. The Hall–Kier alpha value is -1.71. The predicted octanol–water partition coefficient (Wildman–Crippen LogP) is 4.40. The molecule has 0 aromatic carbocycles. The maximum atomic E-state index is 13.6. The van der Waals surface area contributed by atoms with E-state index in [9.17, 15) is 14.3 Å². The molecule has 0 spiro atoms. The van der Waals surface area contributed by atoms with E-state index in [2.05, 4.69) is 31.7 Å². The fourth-order valence-corrected chi connectivity index (χ4v) is 3.39. The molecule has 1 rings (SSSR count). The van der Waals surface area contributed by atoms with Gasteiger partial charge >= 0.3 is 5.97 Å². The average Bonchev–Trinajstić information content (AvgIpc) is 2.44. The van der Waals surface area contributed by atoms with Gasteiger partial charge in [-0.25, -0.2) is 4.39 Å². The molecule has 132 valence electrons. The van der Waals surface area contributed by atoms with Crippen LogP contribution in [0.4, 0.5) is 4.39 Å². The Morgan fingerprint density at radius 3 is 2.54 bits per heavy atom. The molecule has 0 amide bonds. The minimum atomic E-state index is -2.28. The van der Waals surface area contributed by atoms with Crippen molar-refractivity contribution in [2.24, 2.45) is 5.92 Å². The van der Waals surface area contributed by atoms with Crippen LogP contribution in [0.3, 0.4) is 0 Å². The normalized spacial score (nSPS) is 14.7. The van der Waals surface area contributed by atoms with Crippen LogP contribution in [0.25, 0.3) is 0 Å². The molecule has 6 heteroatoms. The van der Waals surface area contributed by atoms with Gasteiger partial charge in [0.05, 0.1) is 18.2 Å². The summed E-state index contributed by atoms with van der Waals surface area (Å²) in [6.07, 6.45) is 7.65. The molecule has 0 aliphatic carbocycles. The fourth-order valence-electron chi connectivity index (χ4n) is 2.10. The Morgan fingerprint density at radius 2 is 2.08 bits per heavy atom. The molecule has 1 heterocycles. The smallest absolute Gasteiger partial charge is 0.309 e. The topological polar surface area (TPSA) is 59.4 Å². The minimum absolute atomic E-state index is 0.110. The van der Waals surface area contributed by atoms with Crippen molar-refractivity contribution in [2.75, 3.05) is 0 Å². The van der Waals surface area contributed by atoms with Crippen molar-refractivity contribution in [3.05, 3.63) is 29.8 Å². The van der Waals surface area contributed by atoms with E-state index in [1.807, 2.05) is 13.1 Å². The Balaban J connectivity index is 3.30. The lowest BCUT2D eigenvalue weighted by atomic mass is 9.92. The average molecular weight is 351 g/mol. The van der Waals surface area contributed by atoms with Crippen molar-refractivity contribution in [1.82, 2.24) is 4.98 Å². The summed E-state index contributed by atoms with van der Waals surface area (Å²) in [5, 5.41) is 9.54. The molecule has 0 bridgehead atoms. The zero-order valence-electron chi connectivity index (χ0n) is 15.0. The lowest BCUT2D eigenvalue weighted by Crippen LogP contribution is -2.44. The Labute approximate surface area is 144 Å². The van der Waals surface area contributed by atoms with Gasteiger partial charge in [-0.05, 0) is 30.6 Å². The second-order valence-electron chi connectivity index (χ2n) is 7.42. The van der Waals surface area contributed by atoms with E-state index in [1.165, 1.54) is 12.3 Å². The van der Waals surface area contributed by atoms with Gasteiger partial charge in [0.25, 0.3) is 0 Å². The second kappa shape index (κ2) is 7.91. The fraction of sp³-hybridized carbons (Fsp3) is 0.556. The van der Waals surface area contributed by atoms with Gasteiger partial charge in [-0.3, -0.25) is 9.78 Å². The summed E-state index contributed by atoms with van der Waals surface area (Å²) in [5.41, 5.74) is 0.434. The number of carbonyl (C=O) groups is 1. The van der Waals surface area contributed by atoms with Crippen LogP contribution in [0.1, 0.15) is 45.3 Å². The number of halogens is 1. The minimum Gasteiger partial charge on any atom is -0.481 e. The zero-order valence-corrected chi connectivity index (χ0v) is 16.0. The number of terminal acetylenes is 1. The van der Waals surface area contributed by atoms with Crippen LogP contribution in [-0.2, 0) is 9.22 Å². The van der Waals surface area contributed by atoms with Gasteiger partial charge in [-0.15, -0.1) is 12.3 Å². The van der Waals surface area contributed by atoms with E-state index in [0.717, 1.165) is 6.20 Å². The van der Waals surface area contributed by atoms with Gasteiger partial charge in [0.15, 0.2) is 8.32 Å². The number of nitrogens with zero attached hydrogens (tertiary/aromatic N) is 1. The van der Waals surface area contributed by atoms with Crippen LogP contribution >= 0.6 is 0 Å². The third-order valence-corrected chi connectivity index (χ3v) is 9.02. The highest BCUT2D eigenvalue weighted by molar-refractivity contribution is 6.74. The SMILES string of the molecule is C#CCC[C@@H](C(=O)O)C(O[Si](C)(C)C(C)(C)C)c1cncc(F)c1. The monoisotopic (exact) mass is 351 g/mol. The van der Waals surface area contributed by atoms with Crippen molar-refractivity contribution in [1.29, 1.82) is 0 Å². The van der Waals surface area contributed by atoms with Crippen LogP contribution in [0.2, 0.25) is 18.1 Å². The largest absolute Gasteiger partial charge is 0.481 e. The molecule has 0 fully saturated rings. The number of hydrogen-bond acceptors (Lipinski definition) is 3. The number of carboxylic acids is 1. The summed E-state index contributed by atoms with van der Waals surface area (Å²) in [7, 11) is -2.28. The molecular formula is C18H26FNO3Si. The van der Waals surface area contributed by atoms with Gasteiger partial charge in [-0.2, -0.15) is 0 Å². The van der Waals surface area contributed by atoms with Crippen molar-refractivity contribution >= 4 is 14.3 Å². The summed E-state index contributed by atoms with van der Waals surface area (Å²) in [6.45, 7) is 10.3. The van der Waals surface area contributed by atoms with Gasteiger partial charge in [0, 0.05) is 18.2 Å². The van der Waals surface area contributed by atoms with Crippen LogP contribution in [-0.4, -0.2) is 24.4 Å². The van der Waals surface area contributed by atoms with E-state index < -0.39 is 32.1 Å². The van der Waals surface area contributed by atoms with Crippen LogP contribution in [0.5, 0.6) is 0 Å². The second-order valence-corrected chi connectivity index (χ2v) is 12.2. The molecule has 1 unspecified atom stereocenters. The van der Waals surface area contributed by atoms with Crippen molar-refractivity contribution in [2.45, 2.75) is 57.8 Å². The highest BCUT2D eigenvalue weighted by Crippen LogP contribution is 2.42. The molecule has 1 aromatic heterocycles. The number of aromatic nitrogens is 1. The van der Waals surface area contributed by atoms with Crippen LogP contribution in [0, 0.1) is 24.1 Å². The van der Waals surface area contributed by atoms with Gasteiger partial charge in [0.1, 0.15) is 5.82 Å². The summed E-state index contributed by atoms with van der Waals surface area (Å²) >= 11 is 0. The van der Waals surface area contributed by atoms with E-state index in [0.29, 0.717) is 12.0 Å². The Morgan fingerprint density at radius 1 is 1.46 bits per heavy atom. The molecule has 2 atom stereocenters. The van der Waals surface area contributed by atoms with Crippen molar-refractivity contribution < 1.29 is 18.7 Å². The summed E-state index contributed by atoms with van der Waals surface area (Å²) < 4.78 is 20.0. The molecule has 0 saturated carbocycles. The van der Waals surface area contributed by atoms with E-state index in [1.54, 1.807) is 0 Å². The first-order chi connectivity index (χ1) is 11.0. The number of pyridine rings is 1. The highest BCUT2D eigenvalue weighted by atomic mass is 28.4. The lowest BCUT2D eigenvalue weighted by molar-refractivity contribution is -0.145. The molecule has 0 saturated heterocycles. The molecule has 4 nitrogen and oxygen atoms in total. The first-order valence-corrected chi connectivity index (χ1v) is 10.8. The molecule has 1 N–H and O–H groups in total. The standard InChI is InChI=1S/C18H26FNO3Si/c1-7-8-9-15(17(21)22)16(13-10-14(19)12-20-11-13)23-24(5,6)18(2,3)4/h1,10-12,15-16H,8-9H2,2-6H3,(H,21,22)/t15-,16?/m1/s1. The number of rotatable bonds is 7. The van der Waals surface area contributed by atoms with Crippen LogP contribution < -0.4 is 0 Å². The molecule has 0 radical (unpaired) electrons. The maximum absolute atomic E-state index is 13.6. The van der Waals surface area contributed by atoms with Crippen LogP contribution in [0.15, 0.2) is 18.5 Å².